The first-order valence-corrected chi connectivity index (χ1v) is 5.47. The van der Waals surface area contributed by atoms with Crippen molar-refractivity contribution < 1.29 is 14.3 Å². The van der Waals surface area contributed by atoms with Gasteiger partial charge in [-0.1, -0.05) is 30.3 Å². The molecule has 0 atom stereocenters. The number of phenolic OH excluding ortho intramolecular Hbond substituents is 1. The molecule has 0 saturated carbocycles. The van der Waals surface area contributed by atoms with Crippen LogP contribution in [0.3, 0.4) is 0 Å². The number of carbonyl (C=O) groups is 1. The minimum Gasteiger partial charge on any atom is -0.507 e. The molecule has 0 spiro atoms. The maximum Gasteiger partial charge on any atom is 0.255 e. The molecule has 0 aromatic heterocycles. The number of phenols is 1. The molecule has 0 heterocycles. The molecule has 0 aliphatic carbocycles. The summed E-state index contributed by atoms with van der Waals surface area (Å²) in [6, 6.07) is 12.6. The summed E-state index contributed by atoms with van der Waals surface area (Å²) < 4.78 is 13.0. The van der Waals surface area contributed by atoms with Crippen LogP contribution in [-0.2, 0) is 6.54 Å². The molecule has 3 nitrogen and oxygen atoms in total. The van der Waals surface area contributed by atoms with Crippen LogP contribution < -0.4 is 5.32 Å². The SMILES string of the molecule is O=C(NCc1ccccc1)c1cc(F)ccc1O. The van der Waals surface area contributed by atoms with Crippen molar-refractivity contribution in [3.63, 3.8) is 0 Å². The quantitative estimate of drug-likeness (QED) is 0.872. The molecule has 4 heteroatoms. The van der Waals surface area contributed by atoms with E-state index < -0.39 is 11.7 Å². The van der Waals surface area contributed by atoms with Crippen LogP contribution in [0.4, 0.5) is 4.39 Å². The van der Waals surface area contributed by atoms with Crippen molar-refractivity contribution in [1.29, 1.82) is 0 Å². The molecule has 0 aliphatic rings. The first-order chi connectivity index (χ1) is 8.66. The van der Waals surface area contributed by atoms with Crippen LogP contribution in [0.2, 0.25) is 0 Å². The minimum absolute atomic E-state index is 0.0640. The van der Waals surface area contributed by atoms with Gasteiger partial charge in [0.25, 0.3) is 5.91 Å². The minimum atomic E-state index is -0.558. The lowest BCUT2D eigenvalue weighted by Gasteiger charge is -2.07. The summed E-state index contributed by atoms with van der Waals surface area (Å²) in [6.07, 6.45) is 0. The van der Waals surface area contributed by atoms with Crippen molar-refractivity contribution in [2.75, 3.05) is 0 Å². The van der Waals surface area contributed by atoms with E-state index in [1.807, 2.05) is 30.3 Å². The molecule has 0 saturated heterocycles. The third-order valence-corrected chi connectivity index (χ3v) is 2.50. The highest BCUT2D eigenvalue weighted by atomic mass is 19.1. The van der Waals surface area contributed by atoms with Gasteiger partial charge in [0, 0.05) is 6.54 Å². The van der Waals surface area contributed by atoms with Crippen molar-refractivity contribution in [2.45, 2.75) is 6.54 Å². The first kappa shape index (κ1) is 12.1. The van der Waals surface area contributed by atoms with Crippen LogP contribution in [0.1, 0.15) is 15.9 Å². The summed E-state index contributed by atoms with van der Waals surface area (Å²) in [5, 5.41) is 12.1. The zero-order valence-corrected chi connectivity index (χ0v) is 9.56. The largest absolute Gasteiger partial charge is 0.507 e. The molecule has 2 aromatic carbocycles. The summed E-state index contributed by atoms with van der Waals surface area (Å²) in [6.45, 7) is 0.329. The van der Waals surface area contributed by atoms with Gasteiger partial charge in [0.1, 0.15) is 11.6 Å². The molecule has 92 valence electrons. The molecule has 2 N–H and O–H groups in total. The Morgan fingerprint density at radius 2 is 1.89 bits per heavy atom. The smallest absolute Gasteiger partial charge is 0.255 e. The fraction of sp³-hybridized carbons (Fsp3) is 0.0714. The van der Waals surface area contributed by atoms with E-state index in [0.717, 1.165) is 23.8 Å². The molecule has 0 fully saturated rings. The Bertz CT molecular complexity index is 555. The number of aromatic hydroxyl groups is 1. The molecule has 2 aromatic rings. The first-order valence-electron chi connectivity index (χ1n) is 5.47. The highest BCUT2D eigenvalue weighted by Gasteiger charge is 2.11. The fourth-order valence-electron chi connectivity index (χ4n) is 1.56. The Morgan fingerprint density at radius 1 is 1.17 bits per heavy atom. The number of nitrogens with one attached hydrogen (secondary N) is 1. The van der Waals surface area contributed by atoms with E-state index in [1.54, 1.807) is 0 Å². The van der Waals surface area contributed by atoms with Crippen LogP contribution >= 0.6 is 0 Å². The second-order valence-corrected chi connectivity index (χ2v) is 3.83. The highest BCUT2D eigenvalue weighted by Crippen LogP contribution is 2.17. The second kappa shape index (κ2) is 5.31. The number of hydrogen-bond donors (Lipinski definition) is 2. The Hall–Kier alpha value is -2.36. The Kier molecular flexibility index (Phi) is 3.57. The van der Waals surface area contributed by atoms with Gasteiger partial charge < -0.3 is 10.4 Å². The maximum absolute atomic E-state index is 13.0. The molecule has 0 unspecified atom stereocenters. The Morgan fingerprint density at radius 3 is 2.61 bits per heavy atom. The van der Waals surface area contributed by atoms with E-state index in [1.165, 1.54) is 0 Å². The number of amides is 1. The average molecular weight is 245 g/mol. The van der Waals surface area contributed by atoms with Crippen molar-refractivity contribution in [1.82, 2.24) is 5.32 Å². The number of halogens is 1. The highest BCUT2D eigenvalue weighted by molar-refractivity contribution is 5.96. The van der Waals surface area contributed by atoms with Crippen molar-refractivity contribution in [3.8, 4) is 5.75 Å². The molecule has 18 heavy (non-hydrogen) atoms. The standard InChI is InChI=1S/C14H12FNO2/c15-11-6-7-13(17)12(8-11)14(18)16-9-10-4-2-1-3-5-10/h1-8,17H,9H2,(H,16,18). The summed E-state index contributed by atoms with van der Waals surface area (Å²) in [7, 11) is 0. The predicted octanol–water partition coefficient (Wildman–Crippen LogP) is 2.46. The van der Waals surface area contributed by atoms with Gasteiger partial charge in [-0.3, -0.25) is 4.79 Å². The molecule has 1 amide bonds. The van der Waals surface area contributed by atoms with Gasteiger partial charge >= 0.3 is 0 Å². The lowest BCUT2D eigenvalue weighted by atomic mass is 10.1. The Balaban J connectivity index is 2.06. The molecule has 0 radical (unpaired) electrons. The van der Waals surface area contributed by atoms with Crippen LogP contribution in [0.25, 0.3) is 0 Å². The summed E-state index contributed by atoms with van der Waals surface area (Å²) in [4.78, 5) is 11.8. The lowest BCUT2D eigenvalue weighted by Crippen LogP contribution is -2.22. The summed E-state index contributed by atoms with van der Waals surface area (Å²) in [5.41, 5.74) is 0.868. The molecular weight excluding hydrogens is 233 g/mol. The second-order valence-electron chi connectivity index (χ2n) is 3.83. The van der Waals surface area contributed by atoms with Crippen molar-refractivity contribution in [2.24, 2.45) is 0 Å². The number of carbonyl (C=O) groups excluding carboxylic acids is 1. The fourth-order valence-corrected chi connectivity index (χ4v) is 1.56. The van der Waals surface area contributed by atoms with Crippen LogP contribution in [-0.4, -0.2) is 11.0 Å². The van der Waals surface area contributed by atoms with Gasteiger partial charge in [-0.15, -0.1) is 0 Å². The summed E-state index contributed by atoms with van der Waals surface area (Å²) in [5.74, 6) is -1.30. The monoisotopic (exact) mass is 245 g/mol. The van der Waals surface area contributed by atoms with Gasteiger partial charge in [0.15, 0.2) is 0 Å². The topological polar surface area (TPSA) is 49.3 Å². The van der Waals surface area contributed by atoms with Crippen molar-refractivity contribution >= 4 is 5.91 Å². The normalized spacial score (nSPS) is 10.1. The van der Waals surface area contributed by atoms with Crippen molar-refractivity contribution in [3.05, 3.63) is 65.5 Å². The van der Waals surface area contributed by atoms with Crippen LogP contribution in [0.15, 0.2) is 48.5 Å². The third kappa shape index (κ3) is 2.85. The van der Waals surface area contributed by atoms with E-state index >= 15 is 0 Å². The third-order valence-electron chi connectivity index (χ3n) is 2.50. The molecular formula is C14H12FNO2. The molecule has 0 bridgehead atoms. The zero-order valence-electron chi connectivity index (χ0n) is 9.56. The van der Waals surface area contributed by atoms with E-state index in [0.29, 0.717) is 6.54 Å². The van der Waals surface area contributed by atoms with E-state index in [4.69, 9.17) is 0 Å². The van der Waals surface area contributed by atoms with Gasteiger partial charge in [0.05, 0.1) is 5.56 Å². The predicted molar refractivity (Wildman–Crippen MR) is 65.7 cm³/mol. The number of benzene rings is 2. The Labute approximate surface area is 104 Å². The molecule has 0 aliphatic heterocycles. The average Bonchev–Trinajstić information content (AvgIpc) is 2.40. The lowest BCUT2D eigenvalue weighted by molar-refractivity contribution is 0.0947. The van der Waals surface area contributed by atoms with Gasteiger partial charge in [-0.2, -0.15) is 0 Å². The van der Waals surface area contributed by atoms with E-state index in [-0.39, 0.29) is 11.3 Å². The van der Waals surface area contributed by atoms with E-state index in [9.17, 15) is 14.3 Å². The number of rotatable bonds is 3. The molecule has 2 rings (SSSR count). The zero-order chi connectivity index (χ0) is 13.0. The van der Waals surface area contributed by atoms with Gasteiger partial charge in [0.2, 0.25) is 0 Å². The number of hydrogen-bond acceptors (Lipinski definition) is 2. The van der Waals surface area contributed by atoms with Gasteiger partial charge in [-0.25, -0.2) is 4.39 Å². The van der Waals surface area contributed by atoms with E-state index in [2.05, 4.69) is 5.32 Å². The maximum atomic E-state index is 13.0. The van der Waals surface area contributed by atoms with Crippen LogP contribution in [0, 0.1) is 5.82 Å². The van der Waals surface area contributed by atoms with Gasteiger partial charge in [-0.05, 0) is 23.8 Å². The summed E-state index contributed by atoms with van der Waals surface area (Å²) >= 11 is 0. The van der Waals surface area contributed by atoms with Crippen LogP contribution in [0.5, 0.6) is 5.75 Å².